The number of aromatic nitrogens is 4. The number of benzene rings is 2. The monoisotopic (exact) mass is 463 g/mol. The second-order valence-corrected chi connectivity index (χ2v) is 9.12. The zero-order valence-corrected chi connectivity index (χ0v) is 19.5. The number of nitrogens with one attached hydrogen (secondary N) is 1. The molecule has 0 aliphatic rings. The summed E-state index contributed by atoms with van der Waals surface area (Å²) in [7, 11) is 0. The highest BCUT2D eigenvalue weighted by molar-refractivity contribution is 8.00. The number of hydrogen-bond donors (Lipinski definition) is 1. The molecule has 0 aliphatic heterocycles. The van der Waals surface area contributed by atoms with Crippen molar-refractivity contribution < 1.29 is 4.79 Å². The van der Waals surface area contributed by atoms with Gasteiger partial charge in [-0.3, -0.25) is 14.3 Å². The largest absolute Gasteiger partial charge is 0.325 e. The fourth-order valence-corrected chi connectivity index (χ4v) is 4.38. The van der Waals surface area contributed by atoms with Gasteiger partial charge in [0.25, 0.3) is 0 Å². The molecule has 0 aliphatic carbocycles. The molecule has 1 amide bonds. The Balaban J connectivity index is 1.66. The molecule has 0 spiro atoms. The zero-order chi connectivity index (χ0) is 22.7. The molecule has 1 N–H and O–H groups in total. The van der Waals surface area contributed by atoms with E-state index < -0.39 is 5.25 Å². The fourth-order valence-electron chi connectivity index (χ4n) is 3.33. The molecular weight excluding hydrogens is 442 g/mol. The van der Waals surface area contributed by atoms with Gasteiger partial charge in [-0.1, -0.05) is 47.6 Å². The molecule has 32 heavy (non-hydrogen) atoms. The topological polar surface area (TPSA) is 72.7 Å². The van der Waals surface area contributed by atoms with Crippen LogP contribution in [0.25, 0.3) is 17.1 Å². The van der Waals surface area contributed by atoms with E-state index in [9.17, 15) is 4.79 Å². The van der Waals surface area contributed by atoms with E-state index >= 15 is 0 Å². The van der Waals surface area contributed by atoms with Gasteiger partial charge in [-0.05, 0) is 62.2 Å². The van der Waals surface area contributed by atoms with Crippen LogP contribution in [-0.2, 0) is 4.79 Å². The molecule has 0 radical (unpaired) electrons. The number of halogens is 1. The standard InChI is InChI=1S/C24H22ClN5OS/c1-15-6-4-7-16(2)21(15)27-23(31)17(3)32-24-29-28-22(18-10-12-26-13-11-18)30(24)20-9-5-8-19(25)14-20/h4-14,17H,1-3H3,(H,27,31)/t17-/m1/s1. The van der Waals surface area contributed by atoms with Crippen LogP contribution in [0.1, 0.15) is 18.1 Å². The molecule has 6 nitrogen and oxygen atoms in total. The molecule has 1 atom stereocenters. The van der Waals surface area contributed by atoms with Gasteiger partial charge in [0.1, 0.15) is 0 Å². The van der Waals surface area contributed by atoms with Crippen LogP contribution >= 0.6 is 23.4 Å². The van der Waals surface area contributed by atoms with Gasteiger partial charge in [0, 0.05) is 28.7 Å². The van der Waals surface area contributed by atoms with Gasteiger partial charge in [-0.15, -0.1) is 10.2 Å². The predicted octanol–water partition coefficient (Wildman–Crippen LogP) is 5.72. The van der Waals surface area contributed by atoms with Crippen LogP contribution < -0.4 is 5.32 Å². The van der Waals surface area contributed by atoms with Gasteiger partial charge in [-0.25, -0.2) is 0 Å². The predicted molar refractivity (Wildman–Crippen MR) is 129 cm³/mol. The van der Waals surface area contributed by atoms with E-state index in [1.807, 2.05) is 79.9 Å². The lowest BCUT2D eigenvalue weighted by molar-refractivity contribution is -0.115. The summed E-state index contributed by atoms with van der Waals surface area (Å²) >= 11 is 7.60. The molecule has 0 unspecified atom stereocenters. The third-order valence-corrected chi connectivity index (χ3v) is 6.30. The maximum absolute atomic E-state index is 13.0. The normalized spacial score (nSPS) is 11.9. The van der Waals surface area contributed by atoms with Crippen LogP contribution in [0.5, 0.6) is 0 Å². The Bertz CT molecular complexity index is 1240. The summed E-state index contributed by atoms with van der Waals surface area (Å²) in [6.45, 7) is 5.82. The molecular formula is C24H22ClN5OS. The summed E-state index contributed by atoms with van der Waals surface area (Å²) in [5, 5.41) is 12.7. The maximum atomic E-state index is 13.0. The van der Waals surface area contributed by atoms with Gasteiger partial charge in [-0.2, -0.15) is 0 Å². The van der Waals surface area contributed by atoms with E-state index in [1.165, 1.54) is 11.8 Å². The average Bonchev–Trinajstić information content (AvgIpc) is 3.20. The molecule has 0 saturated carbocycles. The minimum Gasteiger partial charge on any atom is -0.325 e. The number of nitrogens with zero attached hydrogens (tertiary/aromatic N) is 4. The van der Waals surface area contributed by atoms with Crippen LogP contribution in [0.4, 0.5) is 5.69 Å². The number of carbonyl (C=O) groups is 1. The van der Waals surface area contributed by atoms with Crippen molar-refractivity contribution >= 4 is 35.0 Å². The van der Waals surface area contributed by atoms with E-state index in [0.29, 0.717) is 16.0 Å². The first-order chi connectivity index (χ1) is 15.4. The van der Waals surface area contributed by atoms with Gasteiger partial charge < -0.3 is 5.32 Å². The minimum atomic E-state index is -0.401. The van der Waals surface area contributed by atoms with Crippen molar-refractivity contribution in [1.82, 2.24) is 19.7 Å². The third-order valence-electron chi connectivity index (χ3n) is 5.02. The Labute approximate surface area is 196 Å². The van der Waals surface area contributed by atoms with Gasteiger partial charge >= 0.3 is 0 Å². The number of pyridine rings is 1. The van der Waals surface area contributed by atoms with Crippen molar-refractivity contribution in [2.24, 2.45) is 0 Å². The number of amides is 1. The van der Waals surface area contributed by atoms with Crippen molar-refractivity contribution in [1.29, 1.82) is 0 Å². The average molecular weight is 464 g/mol. The maximum Gasteiger partial charge on any atom is 0.237 e. The Morgan fingerprint density at radius 1 is 1.03 bits per heavy atom. The SMILES string of the molecule is Cc1cccc(C)c1NC(=O)[C@@H](C)Sc1nnc(-c2ccncc2)n1-c1cccc(Cl)c1. The van der Waals surface area contributed by atoms with Crippen LogP contribution in [0, 0.1) is 13.8 Å². The first-order valence-electron chi connectivity index (χ1n) is 10.1. The molecule has 2 aromatic carbocycles. The Morgan fingerprint density at radius 3 is 2.41 bits per heavy atom. The van der Waals surface area contributed by atoms with Gasteiger partial charge in [0.15, 0.2) is 11.0 Å². The molecule has 4 aromatic rings. The molecule has 162 valence electrons. The highest BCUT2D eigenvalue weighted by Crippen LogP contribution is 2.31. The summed E-state index contributed by atoms with van der Waals surface area (Å²) in [6, 6.07) is 17.2. The molecule has 8 heteroatoms. The number of rotatable bonds is 6. The number of hydrogen-bond acceptors (Lipinski definition) is 5. The lowest BCUT2D eigenvalue weighted by Gasteiger charge is -2.16. The highest BCUT2D eigenvalue weighted by atomic mass is 35.5. The fraction of sp³-hybridized carbons (Fsp3) is 0.167. The molecule has 0 bridgehead atoms. The number of anilines is 1. The first-order valence-corrected chi connectivity index (χ1v) is 11.4. The number of carbonyl (C=O) groups excluding carboxylic acids is 1. The third kappa shape index (κ3) is 4.69. The first kappa shape index (κ1) is 22.0. The van der Waals surface area contributed by atoms with Crippen molar-refractivity contribution in [3.8, 4) is 17.1 Å². The molecule has 2 aromatic heterocycles. The minimum absolute atomic E-state index is 0.0986. The van der Waals surface area contributed by atoms with Crippen LogP contribution in [0.15, 0.2) is 72.1 Å². The lowest BCUT2D eigenvalue weighted by atomic mass is 10.1. The van der Waals surface area contributed by atoms with Crippen molar-refractivity contribution in [2.75, 3.05) is 5.32 Å². The van der Waals surface area contributed by atoms with Crippen molar-refractivity contribution in [3.05, 3.63) is 83.1 Å². The summed E-state index contributed by atoms with van der Waals surface area (Å²) in [4.78, 5) is 17.1. The highest BCUT2D eigenvalue weighted by Gasteiger charge is 2.22. The van der Waals surface area contributed by atoms with Crippen LogP contribution in [0.3, 0.4) is 0 Å². The van der Waals surface area contributed by atoms with E-state index in [0.717, 1.165) is 28.1 Å². The quantitative estimate of drug-likeness (QED) is 0.370. The van der Waals surface area contributed by atoms with E-state index in [2.05, 4.69) is 20.5 Å². The number of thioether (sulfide) groups is 1. The second kappa shape index (κ2) is 9.54. The van der Waals surface area contributed by atoms with Gasteiger partial charge in [0.05, 0.1) is 10.9 Å². The van der Waals surface area contributed by atoms with Crippen LogP contribution in [0.2, 0.25) is 5.02 Å². The Hall–Kier alpha value is -3.16. The van der Waals surface area contributed by atoms with E-state index in [-0.39, 0.29) is 5.91 Å². The second-order valence-electron chi connectivity index (χ2n) is 7.37. The van der Waals surface area contributed by atoms with E-state index in [4.69, 9.17) is 11.6 Å². The number of para-hydroxylation sites is 1. The Morgan fingerprint density at radius 2 is 1.72 bits per heavy atom. The zero-order valence-electron chi connectivity index (χ0n) is 17.9. The summed E-state index contributed by atoms with van der Waals surface area (Å²) in [5.41, 5.74) is 4.58. The number of aryl methyl sites for hydroxylation is 2. The molecule has 0 fully saturated rings. The molecule has 0 saturated heterocycles. The smallest absolute Gasteiger partial charge is 0.237 e. The van der Waals surface area contributed by atoms with Gasteiger partial charge in [0.2, 0.25) is 5.91 Å². The molecule has 2 heterocycles. The summed E-state index contributed by atoms with van der Waals surface area (Å²) in [6.07, 6.45) is 3.42. The summed E-state index contributed by atoms with van der Waals surface area (Å²) < 4.78 is 1.91. The summed E-state index contributed by atoms with van der Waals surface area (Å²) in [5.74, 6) is 0.554. The molecule has 4 rings (SSSR count). The Kier molecular flexibility index (Phi) is 6.58. The van der Waals surface area contributed by atoms with Crippen LogP contribution in [-0.4, -0.2) is 30.9 Å². The van der Waals surface area contributed by atoms with E-state index in [1.54, 1.807) is 12.4 Å². The van der Waals surface area contributed by atoms with Crippen molar-refractivity contribution in [2.45, 2.75) is 31.2 Å². The lowest BCUT2D eigenvalue weighted by Crippen LogP contribution is -2.23. The van der Waals surface area contributed by atoms with Crippen molar-refractivity contribution in [3.63, 3.8) is 0 Å².